The van der Waals surface area contributed by atoms with Crippen molar-refractivity contribution in [2.75, 3.05) is 13.6 Å². The van der Waals surface area contributed by atoms with Gasteiger partial charge >= 0.3 is 0 Å². The number of ketones is 1. The van der Waals surface area contributed by atoms with Gasteiger partial charge in [0, 0.05) is 18.5 Å². The van der Waals surface area contributed by atoms with Gasteiger partial charge in [0.1, 0.15) is 5.78 Å². The average Bonchev–Trinajstić information content (AvgIpc) is 2.20. The van der Waals surface area contributed by atoms with E-state index in [4.69, 9.17) is 0 Å². The number of Topliss-reactive ketones (excluding diaryl/α,β-unsaturated/α-hetero) is 1. The van der Waals surface area contributed by atoms with E-state index in [-0.39, 0.29) is 11.2 Å². The molecule has 94 valence electrons. The van der Waals surface area contributed by atoms with Gasteiger partial charge in [-0.15, -0.1) is 0 Å². The summed E-state index contributed by atoms with van der Waals surface area (Å²) in [7, 11) is 2.07. The minimum Gasteiger partial charge on any atom is -0.301 e. The largest absolute Gasteiger partial charge is 0.301 e. The minimum atomic E-state index is -0.266. The number of benzene rings is 1. The molecule has 2 nitrogen and oxygen atoms in total. The van der Waals surface area contributed by atoms with Crippen molar-refractivity contribution in [3.8, 4) is 0 Å². The molecule has 0 radical (unpaired) electrons. The van der Waals surface area contributed by atoms with Gasteiger partial charge in [-0.05, 0) is 32.0 Å². The lowest BCUT2D eigenvalue weighted by Crippen LogP contribution is -2.35. The molecule has 1 aromatic carbocycles. The van der Waals surface area contributed by atoms with Gasteiger partial charge in [0.15, 0.2) is 0 Å². The van der Waals surface area contributed by atoms with Crippen LogP contribution in [-0.4, -0.2) is 24.3 Å². The number of rotatable bonds is 5. The molecule has 0 atom stereocenters. The molecule has 0 saturated heterocycles. The Bertz CT molecular complexity index is 396. The second kappa shape index (κ2) is 5.46. The normalized spacial score (nSPS) is 11.9. The molecule has 0 unspecified atom stereocenters. The number of hydrogen-bond acceptors (Lipinski definition) is 2. The van der Waals surface area contributed by atoms with E-state index in [1.165, 1.54) is 11.1 Å². The van der Waals surface area contributed by atoms with E-state index >= 15 is 0 Å². The van der Waals surface area contributed by atoms with Crippen molar-refractivity contribution in [3.63, 3.8) is 0 Å². The highest BCUT2D eigenvalue weighted by Gasteiger charge is 2.25. The summed E-state index contributed by atoms with van der Waals surface area (Å²) in [5, 5.41) is 0. The zero-order valence-electron chi connectivity index (χ0n) is 11.6. The Labute approximate surface area is 105 Å². The molecular formula is C15H23NO. The van der Waals surface area contributed by atoms with Crippen LogP contribution >= 0.6 is 0 Å². The molecule has 1 rings (SSSR count). The zero-order valence-corrected chi connectivity index (χ0v) is 11.6. The topological polar surface area (TPSA) is 20.3 Å². The Morgan fingerprint density at radius 3 is 2.41 bits per heavy atom. The molecule has 0 amide bonds. The van der Waals surface area contributed by atoms with E-state index in [0.29, 0.717) is 0 Å². The second-order valence-corrected chi connectivity index (χ2v) is 5.54. The lowest BCUT2D eigenvalue weighted by Gasteiger charge is -2.28. The molecule has 0 aliphatic heterocycles. The summed E-state index contributed by atoms with van der Waals surface area (Å²) in [6.07, 6.45) is 0. The standard InChI is InChI=1S/C15H23NO/c1-12-8-6-7-9-14(12)10-16(5)11-15(3,4)13(2)17/h6-9H,10-11H2,1-5H3. The number of carbonyl (C=O) groups is 1. The molecule has 2 heteroatoms. The third-order valence-electron chi connectivity index (χ3n) is 3.32. The summed E-state index contributed by atoms with van der Waals surface area (Å²) in [6.45, 7) is 9.48. The first-order chi connectivity index (χ1) is 7.83. The fourth-order valence-corrected chi connectivity index (χ4v) is 1.92. The third kappa shape index (κ3) is 3.97. The van der Waals surface area contributed by atoms with Gasteiger partial charge in [0.2, 0.25) is 0 Å². The first kappa shape index (κ1) is 13.9. The van der Waals surface area contributed by atoms with Crippen LogP contribution in [0.5, 0.6) is 0 Å². The lowest BCUT2D eigenvalue weighted by atomic mass is 9.88. The van der Waals surface area contributed by atoms with Crippen molar-refractivity contribution in [2.24, 2.45) is 5.41 Å². The summed E-state index contributed by atoms with van der Waals surface area (Å²) in [6, 6.07) is 8.39. The Morgan fingerprint density at radius 1 is 1.29 bits per heavy atom. The first-order valence-corrected chi connectivity index (χ1v) is 6.07. The van der Waals surface area contributed by atoms with Crippen molar-refractivity contribution >= 4 is 5.78 Å². The highest BCUT2D eigenvalue weighted by Crippen LogP contribution is 2.19. The molecule has 1 aromatic rings. The molecule has 0 aliphatic carbocycles. The maximum absolute atomic E-state index is 11.5. The van der Waals surface area contributed by atoms with Crippen LogP contribution in [0.3, 0.4) is 0 Å². The van der Waals surface area contributed by atoms with Crippen molar-refractivity contribution in [1.82, 2.24) is 4.90 Å². The quantitative estimate of drug-likeness (QED) is 0.779. The molecule has 0 spiro atoms. The Balaban J connectivity index is 2.65. The van der Waals surface area contributed by atoms with Crippen molar-refractivity contribution in [1.29, 1.82) is 0 Å². The molecule has 0 fully saturated rings. The fourth-order valence-electron chi connectivity index (χ4n) is 1.92. The van der Waals surface area contributed by atoms with Crippen LogP contribution in [-0.2, 0) is 11.3 Å². The van der Waals surface area contributed by atoms with E-state index in [2.05, 4.69) is 43.1 Å². The van der Waals surface area contributed by atoms with E-state index < -0.39 is 0 Å². The highest BCUT2D eigenvalue weighted by atomic mass is 16.1. The first-order valence-electron chi connectivity index (χ1n) is 6.07. The number of hydrogen-bond donors (Lipinski definition) is 0. The van der Waals surface area contributed by atoms with Crippen LogP contribution in [0, 0.1) is 12.3 Å². The van der Waals surface area contributed by atoms with Gasteiger partial charge < -0.3 is 4.90 Å². The van der Waals surface area contributed by atoms with Gasteiger partial charge in [-0.1, -0.05) is 38.1 Å². The van der Waals surface area contributed by atoms with Gasteiger partial charge in [-0.25, -0.2) is 0 Å². The van der Waals surface area contributed by atoms with Crippen LogP contribution in [0.1, 0.15) is 31.9 Å². The zero-order chi connectivity index (χ0) is 13.1. The SMILES string of the molecule is CC(=O)C(C)(C)CN(C)Cc1ccccc1C. The molecular weight excluding hydrogens is 210 g/mol. The Morgan fingerprint density at radius 2 is 1.88 bits per heavy atom. The van der Waals surface area contributed by atoms with Crippen LogP contribution in [0.15, 0.2) is 24.3 Å². The van der Waals surface area contributed by atoms with E-state index in [0.717, 1.165) is 13.1 Å². The summed E-state index contributed by atoms with van der Waals surface area (Å²) < 4.78 is 0. The highest BCUT2D eigenvalue weighted by molar-refractivity contribution is 5.81. The van der Waals surface area contributed by atoms with Crippen LogP contribution in [0.4, 0.5) is 0 Å². The van der Waals surface area contributed by atoms with Crippen molar-refractivity contribution < 1.29 is 4.79 Å². The maximum atomic E-state index is 11.5. The molecule has 0 N–H and O–H groups in total. The van der Waals surface area contributed by atoms with Gasteiger partial charge in [0.25, 0.3) is 0 Å². The van der Waals surface area contributed by atoms with E-state index in [9.17, 15) is 4.79 Å². The third-order valence-corrected chi connectivity index (χ3v) is 3.32. The predicted molar refractivity (Wildman–Crippen MR) is 72.0 cm³/mol. The molecule has 0 aromatic heterocycles. The van der Waals surface area contributed by atoms with Gasteiger partial charge in [-0.3, -0.25) is 4.79 Å². The summed E-state index contributed by atoms with van der Waals surface area (Å²) in [5.74, 6) is 0.245. The molecule has 0 heterocycles. The van der Waals surface area contributed by atoms with Gasteiger partial charge in [-0.2, -0.15) is 0 Å². The van der Waals surface area contributed by atoms with Crippen LogP contribution < -0.4 is 0 Å². The second-order valence-electron chi connectivity index (χ2n) is 5.54. The molecule has 17 heavy (non-hydrogen) atoms. The smallest absolute Gasteiger partial charge is 0.136 e. The summed E-state index contributed by atoms with van der Waals surface area (Å²) in [4.78, 5) is 13.7. The Hall–Kier alpha value is -1.15. The number of carbonyl (C=O) groups excluding carboxylic acids is 1. The number of aryl methyl sites for hydroxylation is 1. The average molecular weight is 233 g/mol. The Kier molecular flexibility index (Phi) is 4.47. The lowest BCUT2D eigenvalue weighted by molar-refractivity contribution is -0.125. The number of nitrogens with zero attached hydrogens (tertiary/aromatic N) is 1. The molecule has 0 saturated carbocycles. The van der Waals surface area contributed by atoms with Crippen LogP contribution in [0.2, 0.25) is 0 Å². The van der Waals surface area contributed by atoms with Crippen molar-refractivity contribution in [3.05, 3.63) is 35.4 Å². The van der Waals surface area contributed by atoms with Crippen LogP contribution in [0.25, 0.3) is 0 Å². The van der Waals surface area contributed by atoms with E-state index in [1.807, 2.05) is 13.8 Å². The predicted octanol–water partition coefficient (Wildman–Crippen LogP) is 3.04. The van der Waals surface area contributed by atoms with Crippen molar-refractivity contribution in [2.45, 2.75) is 34.2 Å². The maximum Gasteiger partial charge on any atom is 0.136 e. The molecule has 0 aliphatic rings. The summed E-state index contributed by atoms with van der Waals surface area (Å²) in [5.41, 5.74) is 2.37. The molecule has 0 bridgehead atoms. The summed E-state index contributed by atoms with van der Waals surface area (Å²) >= 11 is 0. The minimum absolute atomic E-state index is 0.245. The van der Waals surface area contributed by atoms with E-state index in [1.54, 1.807) is 6.92 Å². The monoisotopic (exact) mass is 233 g/mol. The fraction of sp³-hybridized carbons (Fsp3) is 0.533. The van der Waals surface area contributed by atoms with Gasteiger partial charge in [0.05, 0.1) is 0 Å².